The van der Waals surface area contributed by atoms with E-state index in [-0.39, 0.29) is 0 Å². The van der Waals surface area contributed by atoms with Crippen molar-refractivity contribution >= 4 is 6.21 Å². The molecule has 1 aliphatic heterocycles. The van der Waals surface area contributed by atoms with Gasteiger partial charge in [0.1, 0.15) is 0 Å². The van der Waals surface area contributed by atoms with Gasteiger partial charge in [0, 0.05) is 24.9 Å². The highest BCUT2D eigenvalue weighted by Gasteiger charge is 1.87. The van der Waals surface area contributed by atoms with Crippen LogP contribution in [-0.4, -0.2) is 12.8 Å². The van der Waals surface area contributed by atoms with E-state index < -0.39 is 0 Å². The monoisotopic (exact) mass is 122 g/mol. The molecule has 0 fully saturated rings. The highest BCUT2D eigenvalue weighted by Crippen LogP contribution is 1.95. The maximum atomic E-state index is 5.54. The molecule has 1 rings (SSSR count). The summed E-state index contributed by atoms with van der Waals surface area (Å²) in [5.41, 5.74) is 6.45. The third kappa shape index (κ3) is 2.13. The predicted molar refractivity (Wildman–Crippen MR) is 39.4 cm³/mol. The van der Waals surface area contributed by atoms with E-state index in [2.05, 4.69) is 4.99 Å². The molecule has 0 atom stereocenters. The van der Waals surface area contributed by atoms with E-state index in [0.717, 1.165) is 18.7 Å². The lowest BCUT2D eigenvalue weighted by Gasteiger charge is -1.96. The van der Waals surface area contributed by atoms with Gasteiger partial charge >= 0.3 is 0 Å². The fourth-order valence-corrected chi connectivity index (χ4v) is 0.641. The summed E-state index contributed by atoms with van der Waals surface area (Å²) < 4.78 is 0. The van der Waals surface area contributed by atoms with Crippen molar-refractivity contribution in [1.29, 1.82) is 0 Å². The quantitative estimate of drug-likeness (QED) is 0.508. The van der Waals surface area contributed by atoms with Crippen molar-refractivity contribution in [2.75, 3.05) is 6.54 Å². The molecule has 0 bridgehead atoms. The van der Waals surface area contributed by atoms with Gasteiger partial charge < -0.3 is 5.73 Å². The summed E-state index contributed by atoms with van der Waals surface area (Å²) >= 11 is 0. The van der Waals surface area contributed by atoms with Crippen LogP contribution in [0.25, 0.3) is 0 Å². The lowest BCUT2D eigenvalue weighted by Crippen LogP contribution is -1.99. The minimum absolute atomic E-state index is 0.812. The van der Waals surface area contributed by atoms with Gasteiger partial charge in [0.15, 0.2) is 0 Å². The van der Waals surface area contributed by atoms with Crippen molar-refractivity contribution in [3.05, 3.63) is 23.9 Å². The molecule has 0 saturated carbocycles. The van der Waals surface area contributed by atoms with Crippen LogP contribution in [0.1, 0.15) is 6.42 Å². The maximum Gasteiger partial charge on any atom is 0.0443 e. The van der Waals surface area contributed by atoms with Crippen molar-refractivity contribution in [1.82, 2.24) is 0 Å². The average Bonchev–Trinajstić information content (AvgIpc) is 1.79. The van der Waals surface area contributed by atoms with E-state index in [1.165, 1.54) is 0 Å². The van der Waals surface area contributed by atoms with Gasteiger partial charge in [-0.25, -0.2) is 0 Å². The van der Waals surface area contributed by atoms with E-state index in [1.54, 1.807) is 6.21 Å². The zero-order valence-corrected chi connectivity index (χ0v) is 5.25. The van der Waals surface area contributed by atoms with Crippen LogP contribution in [0, 0.1) is 0 Å². The van der Waals surface area contributed by atoms with E-state index in [4.69, 9.17) is 5.73 Å². The van der Waals surface area contributed by atoms with Crippen LogP contribution in [0.4, 0.5) is 0 Å². The van der Waals surface area contributed by atoms with E-state index in [9.17, 15) is 0 Å². The van der Waals surface area contributed by atoms with Crippen LogP contribution in [0.5, 0.6) is 0 Å². The Hall–Kier alpha value is -1.05. The van der Waals surface area contributed by atoms with Crippen LogP contribution in [0.15, 0.2) is 28.9 Å². The molecule has 0 saturated heterocycles. The van der Waals surface area contributed by atoms with Crippen molar-refractivity contribution in [2.24, 2.45) is 10.7 Å². The summed E-state index contributed by atoms with van der Waals surface area (Å²) in [7, 11) is 0. The summed E-state index contributed by atoms with van der Waals surface area (Å²) in [6.07, 6.45) is 8.36. The normalized spacial score (nSPS) is 27.8. The van der Waals surface area contributed by atoms with Crippen LogP contribution < -0.4 is 5.73 Å². The fourth-order valence-electron chi connectivity index (χ4n) is 0.641. The number of nitrogens with two attached hydrogens (primary N) is 1. The third-order valence-corrected chi connectivity index (χ3v) is 1.14. The second kappa shape index (κ2) is 3.07. The first-order chi connectivity index (χ1) is 4.39. The first-order valence-electron chi connectivity index (χ1n) is 3.01. The standard InChI is InChI=1S/C7H10N2/c8-7-3-1-2-5-9-6-4-7/h1-3,5H,4,6,8H2/b2-1-,7-3+,9-5?. The lowest BCUT2D eigenvalue weighted by atomic mass is 10.3. The molecule has 1 aliphatic rings. The fraction of sp³-hybridized carbons (Fsp3) is 0.286. The first kappa shape index (κ1) is 6.08. The van der Waals surface area contributed by atoms with Gasteiger partial charge in [0.2, 0.25) is 0 Å². The number of hydrogen-bond acceptors (Lipinski definition) is 2. The second-order valence-corrected chi connectivity index (χ2v) is 1.93. The van der Waals surface area contributed by atoms with Crippen LogP contribution >= 0.6 is 0 Å². The van der Waals surface area contributed by atoms with Crippen molar-refractivity contribution in [3.8, 4) is 0 Å². The molecule has 2 heteroatoms. The topological polar surface area (TPSA) is 38.4 Å². The molecule has 1 heterocycles. The first-order valence-corrected chi connectivity index (χ1v) is 3.01. The van der Waals surface area contributed by atoms with Gasteiger partial charge in [-0.15, -0.1) is 0 Å². The Morgan fingerprint density at radius 3 is 3.22 bits per heavy atom. The van der Waals surface area contributed by atoms with Gasteiger partial charge in [0.25, 0.3) is 0 Å². The highest BCUT2D eigenvalue weighted by atomic mass is 14.7. The molecule has 2 nitrogen and oxygen atoms in total. The molecular weight excluding hydrogens is 112 g/mol. The Morgan fingerprint density at radius 2 is 2.33 bits per heavy atom. The molecule has 0 amide bonds. The van der Waals surface area contributed by atoms with Crippen molar-refractivity contribution in [2.45, 2.75) is 6.42 Å². The summed E-state index contributed by atoms with van der Waals surface area (Å²) in [6, 6.07) is 0. The molecule has 0 aromatic rings. The van der Waals surface area contributed by atoms with Crippen molar-refractivity contribution < 1.29 is 0 Å². The Kier molecular flexibility index (Phi) is 2.07. The molecule has 0 unspecified atom stereocenters. The molecule has 2 N–H and O–H groups in total. The molecule has 9 heavy (non-hydrogen) atoms. The minimum Gasteiger partial charge on any atom is -0.402 e. The number of nitrogens with zero attached hydrogens (tertiary/aromatic N) is 1. The minimum atomic E-state index is 0.812. The summed E-state index contributed by atoms with van der Waals surface area (Å²) in [5.74, 6) is 0. The highest BCUT2D eigenvalue weighted by molar-refractivity contribution is 5.71. The zero-order chi connectivity index (χ0) is 6.53. The number of hydrogen-bond donors (Lipinski definition) is 1. The second-order valence-electron chi connectivity index (χ2n) is 1.93. The largest absolute Gasteiger partial charge is 0.402 e. The van der Waals surface area contributed by atoms with E-state index in [1.807, 2.05) is 18.2 Å². The van der Waals surface area contributed by atoms with Gasteiger partial charge in [-0.1, -0.05) is 6.08 Å². The van der Waals surface area contributed by atoms with E-state index >= 15 is 0 Å². The number of allylic oxidation sites excluding steroid dienone is 3. The van der Waals surface area contributed by atoms with Gasteiger partial charge in [-0.05, 0) is 12.2 Å². The Balaban J connectivity index is 2.62. The molecule has 48 valence electrons. The molecule has 0 radical (unpaired) electrons. The summed E-state index contributed by atoms with van der Waals surface area (Å²) in [6.45, 7) is 0.812. The molecule has 0 spiro atoms. The van der Waals surface area contributed by atoms with Crippen LogP contribution in [-0.2, 0) is 0 Å². The van der Waals surface area contributed by atoms with E-state index in [0.29, 0.717) is 0 Å². The summed E-state index contributed by atoms with van der Waals surface area (Å²) in [5, 5.41) is 0. The van der Waals surface area contributed by atoms with Crippen LogP contribution in [0.2, 0.25) is 0 Å². The number of aliphatic imine (C=N–C) groups is 1. The Morgan fingerprint density at radius 1 is 1.44 bits per heavy atom. The zero-order valence-electron chi connectivity index (χ0n) is 5.25. The Labute approximate surface area is 54.8 Å². The molecule has 0 aromatic carbocycles. The molecule has 0 aromatic heterocycles. The van der Waals surface area contributed by atoms with Gasteiger partial charge in [-0.2, -0.15) is 0 Å². The predicted octanol–water partition coefficient (Wildman–Crippen LogP) is 0.860. The summed E-state index contributed by atoms with van der Waals surface area (Å²) in [4.78, 5) is 4.05. The SMILES string of the molecule is N/C1=C/C=C\C=NCC1. The van der Waals surface area contributed by atoms with Crippen molar-refractivity contribution in [3.63, 3.8) is 0 Å². The lowest BCUT2D eigenvalue weighted by molar-refractivity contribution is 0.939. The average molecular weight is 122 g/mol. The molecule has 0 aliphatic carbocycles. The van der Waals surface area contributed by atoms with Gasteiger partial charge in [-0.3, -0.25) is 4.99 Å². The van der Waals surface area contributed by atoms with Crippen LogP contribution in [0.3, 0.4) is 0 Å². The molecular formula is C7H10N2. The van der Waals surface area contributed by atoms with Gasteiger partial charge in [0.05, 0.1) is 0 Å². The number of rotatable bonds is 0. The third-order valence-electron chi connectivity index (χ3n) is 1.14. The Bertz CT molecular complexity index is 166. The smallest absolute Gasteiger partial charge is 0.0443 e. The maximum absolute atomic E-state index is 5.54.